The average Bonchev–Trinajstić information content (AvgIpc) is 2.33. The minimum Gasteiger partial charge on any atom is -0.398 e. The number of likely N-dealkylation sites (N-methyl/N-ethyl adjacent to an activating group) is 1. The Balaban J connectivity index is 3.06. The molecule has 6 nitrogen and oxygen atoms in total. The first-order valence-corrected chi connectivity index (χ1v) is 7.90. The summed E-state index contributed by atoms with van der Waals surface area (Å²) < 4.78 is 26.7. The van der Waals surface area contributed by atoms with Gasteiger partial charge in [0.25, 0.3) is 0 Å². The second kappa shape index (κ2) is 6.43. The summed E-state index contributed by atoms with van der Waals surface area (Å²) >= 11 is 5.93. The Morgan fingerprint density at radius 3 is 2.60 bits per heavy atom. The Labute approximate surface area is 123 Å². The molecule has 8 heteroatoms. The third-order valence-corrected chi connectivity index (χ3v) is 4.69. The summed E-state index contributed by atoms with van der Waals surface area (Å²) in [6, 6.07) is 1.85. The zero-order valence-corrected chi connectivity index (χ0v) is 13.1. The quantitative estimate of drug-likeness (QED) is 0.706. The van der Waals surface area contributed by atoms with Crippen LogP contribution in [0.4, 0.5) is 5.69 Å². The highest BCUT2D eigenvalue weighted by Gasteiger charge is 2.24. The van der Waals surface area contributed by atoms with Gasteiger partial charge < -0.3 is 11.1 Å². The van der Waals surface area contributed by atoms with Gasteiger partial charge in [0, 0.05) is 12.2 Å². The molecule has 0 aromatic heterocycles. The smallest absolute Gasteiger partial charge is 0.242 e. The second-order valence-electron chi connectivity index (χ2n) is 4.38. The lowest BCUT2D eigenvalue weighted by atomic mass is 10.2. The van der Waals surface area contributed by atoms with E-state index in [1.54, 1.807) is 13.8 Å². The van der Waals surface area contributed by atoms with Crippen LogP contribution in [0.15, 0.2) is 17.0 Å². The van der Waals surface area contributed by atoms with E-state index in [9.17, 15) is 13.2 Å². The van der Waals surface area contributed by atoms with Crippen molar-refractivity contribution in [3.8, 4) is 0 Å². The Morgan fingerprint density at radius 2 is 2.05 bits per heavy atom. The number of anilines is 1. The van der Waals surface area contributed by atoms with E-state index < -0.39 is 22.0 Å². The molecule has 20 heavy (non-hydrogen) atoms. The number of carbonyl (C=O) groups excluding carboxylic acids is 1. The molecule has 0 spiro atoms. The molecule has 0 saturated carbocycles. The summed E-state index contributed by atoms with van der Waals surface area (Å²) in [7, 11) is -3.92. The van der Waals surface area contributed by atoms with Crippen molar-refractivity contribution in [2.24, 2.45) is 0 Å². The molecular weight excluding hydrogens is 302 g/mol. The first kappa shape index (κ1) is 16.7. The molecule has 1 aromatic rings. The molecule has 1 rings (SSSR count). The standard InChI is InChI=1S/C12H18ClN3O3S/c1-4-15-12(17)8(3)16-20(18,19)11-6-10(14)7(2)5-9(11)13/h5-6,8,16H,4,14H2,1-3H3,(H,15,17). The fourth-order valence-corrected chi connectivity index (χ4v) is 3.37. The maximum Gasteiger partial charge on any atom is 0.242 e. The molecule has 0 aliphatic heterocycles. The predicted molar refractivity (Wildman–Crippen MR) is 79.1 cm³/mol. The number of sulfonamides is 1. The number of hydrogen-bond acceptors (Lipinski definition) is 4. The molecule has 0 bridgehead atoms. The Morgan fingerprint density at radius 1 is 1.45 bits per heavy atom. The van der Waals surface area contributed by atoms with Crippen LogP contribution in [0.25, 0.3) is 0 Å². The molecule has 1 unspecified atom stereocenters. The van der Waals surface area contributed by atoms with Gasteiger partial charge in [-0.2, -0.15) is 4.72 Å². The van der Waals surface area contributed by atoms with E-state index in [0.717, 1.165) is 0 Å². The Kier molecular flexibility index (Phi) is 5.38. The van der Waals surface area contributed by atoms with Gasteiger partial charge in [-0.1, -0.05) is 11.6 Å². The minimum absolute atomic E-state index is 0.0623. The van der Waals surface area contributed by atoms with E-state index in [-0.39, 0.29) is 9.92 Å². The van der Waals surface area contributed by atoms with Crippen molar-refractivity contribution in [2.75, 3.05) is 12.3 Å². The molecule has 0 fully saturated rings. The molecule has 4 N–H and O–H groups in total. The highest BCUT2D eigenvalue weighted by Crippen LogP contribution is 2.26. The number of hydrogen-bond donors (Lipinski definition) is 3. The second-order valence-corrected chi connectivity index (χ2v) is 6.47. The summed E-state index contributed by atoms with van der Waals surface area (Å²) in [4.78, 5) is 11.4. The van der Waals surface area contributed by atoms with E-state index in [0.29, 0.717) is 17.8 Å². The highest BCUT2D eigenvalue weighted by atomic mass is 35.5. The first-order valence-electron chi connectivity index (χ1n) is 6.04. The number of nitrogen functional groups attached to an aromatic ring is 1. The molecule has 1 atom stereocenters. The van der Waals surface area contributed by atoms with Crippen LogP contribution in [0.1, 0.15) is 19.4 Å². The molecule has 0 aliphatic carbocycles. The molecule has 0 saturated heterocycles. The van der Waals surface area contributed by atoms with Crippen molar-refractivity contribution in [3.63, 3.8) is 0 Å². The zero-order valence-electron chi connectivity index (χ0n) is 11.5. The highest BCUT2D eigenvalue weighted by molar-refractivity contribution is 7.89. The maximum absolute atomic E-state index is 12.2. The molecule has 0 aliphatic rings. The van der Waals surface area contributed by atoms with E-state index in [1.807, 2.05) is 0 Å². The maximum atomic E-state index is 12.2. The summed E-state index contributed by atoms with van der Waals surface area (Å²) in [6.45, 7) is 5.34. The van der Waals surface area contributed by atoms with E-state index in [1.165, 1.54) is 19.1 Å². The summed E-state index contributed by atoms with van der Waals surface area (Å²) in [5.74, 6) is -0.410. The number of halogens is 1. The number of aryl methyl sites for hydroxylation is 1. The number of carbonyl (C=O) groups is 1. The molecule has 1 aromatic carbocycles. The van der Waals surface area contributed by atoms with E-state index in [4.69, 9.17) is 17.3 Å². The van der Waals surface area contributed by atoms with Crippen LogP contribution in [-0.2, 0) is 14.8 Å². The lowest BCUT2D eigenvalue weighted by Crippen LogP contribution is -2.44. The van der Waals surface area contributed by atoms with Crippen molar-refractivity contribution in [1.29, 1.82) is 0 Å². The molecule has 0 radical (unpaired) electrons. The topological polar surface area (TPSA) is 101 Å². The van der Waals surface area contributed by atoms with Crippen LogP contribution < -0.4 is 15.8 Å². The monoisotopic (exact) mass is 319 g/mol. The van der Waals surface area contributed by atoms with Gasteiger partial charge in [-0.3, -0.25) is 4.79 Å². The van der Waals surface area contributed by atoms with Crippen molar-refractivity contribution in [1.82, 2.24) is 10.0 Å². The van der Waals surface area contributed by atoms with Crippen LogP contribution in [0.2, 0.25) is 5.02 Å². The van der Waals surface area contributed by atoms with Gasteiger partial charge in [0.15, 0.2) is 0 Å². The lowest BCUT2D eigenvalue weighted by molar-refractivity contribution is -0.122. The third kappa shape index (κ3) is 3.84. The van der Waals surface area contributed by atoms with Gasteiger partial charge in [0.05, 0.1) is 11.1 Å². The van der Waals surface area contributed by atoms with Gasteiger partial charge in [-0.15, -0.1) is 0 Å². The van der Waals surface area contributed by atoms with Crippen LogP contribution >= 0.6 is 11.6 Å². The van der Waals surface area contributed by atoms with Crippen molar-refractivity contribution in [3.05, 3.63) is 22.7 Å². The average molecular weight is 320 g/mol. The normalized spacial score (nSPS) is 13.0. The summed E-state index contributed by atoms with van der Waals surface area (Å²) in [6.07, 6.45) is 0. The van der Waals surface area contributed by atoms with Crippen molar-refractivity contribution >= 4 is 33.2 Å². The van der Waals surface area contributed by atoms with Gasteiger partial charge in [-0.25, -0.2) is 8.42 Å². The zero-order chi connectivity index (χ0) is 15.5. The van der Waals surface area contributed by atoms with Crippen LogP contribution in [0.5, 0.6) is 0 Å². The molecule has 0 heterocycles. The number of rotatable bonds is 5. The van der Waals surface area contributed by atoms with Gasteiger partial charge in [0.2, 0.25) is 15.9 Å². The van der Waals surface area contributed by atoms with Crippen molar-refractivity contribution < 1.29 is 13.2 Å². The number of amides is 1. The SMILES string of the molecule is CCNC(=O)C(C)NS(=O)(=O)c1cc(N)c(C)cc1Cl. The number of nitrogens with one attached hydrogen (secondary N) is 2. The van der Waals surface area contributed by atoms with Gasteiger partial charge >= 0.3 is 0 Å². The van der Waals surface area contributed by atoms with Crippen LogP contribution in [-0.4, -0.2) is 26.9 Å². The fourth-order valence-electron chi connectivity index (χ4n) is 1.55. The molecule has 112 valence electrons. The van der Waals surface area contributed by atoms with Gasteiger partial charge in [0.1, 0.15) is 4.90 Å². The largest absolute Gasteiger partial charge is 0.398 e. The number of benzene rings is 1. The number of nitrogens with two attached hydrogens (primary N) is 1. The van der Waals surface area contributed by atoms with E-state index in [2.05, 4.69) is 10.0 Å². The minimum atomic E-state index is -3.92. The Bertz CT molecular complexity index is 617. The Hall–Kier alpha value is -1.31. The molecule has 1 amide bonds. The van der Waals surface area contributed by atoms with Crippen molar-refractivity contribution in [2.45, 2.75) is 31.7 Å². The third-order valence-electron chi connectivity index (χ3n) is 2.69. The van der Waals surface area contributed by atoms with Crippen LogP contribution in [0.3, 0.4) is 0 Å². The molecular formula is C12H18ClN3O3S. The van der Waals surface area contributed by atoms with Crippen LogP contribution in [0, 0.1) is 6.92 Å². The van der Waals surface area contributed by atoms with Gasteiger partial charge in [-0.05, 0) is 38.5 Å². The fraction of sp³-hybridized carbons (Fsp3) is 0.417. The van der Waals surface area contributed by atoms with E-state index >= 15 is 0 Å². The summed E-state index contributed by atoms with van der Waals surface area (Å²) in [5.41, 5.74) is 6.70. The first-order chi connectivity index (χ1) is 9.19. The predicted octanol–water partition coefficient (Wildman–Crippen LogP) is 1.03. The summed E-state index contributed by atoms with van der Waals surface area (Å²) in [5, 5.41) is 2.59. The lowest BCUT2D eigenvalue weighted by Gasteiger charge is -2.15.